The highest BCUT2D eigenvalue weighted by molar-refractivity contribution is 7.46. The lowest BCUT2D eigenvalue weighted by atomic mass is 10.1. The largest absolute Gasteiger partial charge is 0.469 e. The van der Waals surface area contributed by atoms with Gasteiger partial charge in [0.2, 0.25) is 0 Å². The van der Waals surface area contributed by atoms with E-state index in [1.165, 1.54) is 0 Å². The second-order valence-corrected chi connectivity index (χ2v) is 7.66. The van der Waals surface area contributed by atoms with Gasteiger partial charge in [0.05, 0.1) is 12.9 Å². The number of fused-ring (bicyclic) bond motifs is 1. The molecule has 162 valence electrons. The van der Waals surface area contributed by atoms with Crippen molar-refractivity contribution in [3.8, 4) is 0 Å². The molecule has 0 radical (unpaired) electrons. The van der Waals surface area contributed by atoms with Crippen LogP contribution in [0.4, 0.5) is 5.82 Å². The molecule has 1 saturated heterocycles. The van der Waals surface area contributed by atoms with Crippen molar-refractivity contribution in [2.45, 2.75) is 44.4 Å². The molecule has 0 saturated carbocycles. The molecule has 1 aliphatic heterocycles. The summed E-state index contributed by atoms with van der Waals surface area (Å²) in [6, 6.07) is 0. The van der Waals surface area contributed by atoms with Gasteiger partial charge in [0.25, 0.3) is 0 Å². The normalized spacial score (nSPS) is 24.3. The lowest BCUT2D eigenvalue weighted by Crippen LogP contribution is -2.34. The molecule has 0 aromatic carbocycles. The molecule has 3 heterocycles. The number of aliphatic hydroxyl groups is 3. The predicted molar refractivity (Wildman–Crippen MR) is 100 cm³/mol. The second kappa shape index (κ2) is 9.69. The van der Waals surface area contributed by atoms with Crippen molar-refractivity contribution in [2.24, 2.45) is 0 Å². The predicted octanol–water partition coefficient (Wildman–Crippen LogP) is -1.02. The van der Waals surface area contributed by atoms with Gasteiger partial charge in [-0.25, -0.2) is 19.5 Å². The number of nitrogen functional groups attached to an aromatic ring is 1. The molecule has 0 bridgehead atoms. The first kappa shape index (κ1) is 23.3. The van der Waals surface area contributed by atoms with Gasteiger partial charge >= 0.3 is 7.82 Å². The fourth-order valence-corrected chi connectivity index (χ4v) is 2.72. The summed E-state index contributed by atoms with van der Waals surface area (Å²) in [4.78, 5) is 32.1. The van der Waals surface area contributed by atoms with Gasteiger partial charge in [0, 0.05) is 6.42 Å². The van der Waals surface area contributed by atoms with Gasteiger partial charge in [0.1, 0.15) is 29.7 Å². The van der Waals surface area contributed by atoms with E-state index >= 15 is 0 Å². The summed E-state index contributed by atoms with van der Waals surface area (Å²) >= 11 is 0. The molecule has 29 heavy (non-hydrogen) atoms. The van der Waals surface area contributed by atoms with Crippen LogP contribution in [0.2, 0.25) is 0 Å². The molecule has 14 heteroatoms. The summed E-state index contributed by atoms with van der Waals surface area (Å²) in [6.07, 6.45) is -2.48. The van der Waals surface area contributed by atoms with E-state index in [9.17, 15) is 4.57 Å². The third kappa shape index (κ3) is 6.80. The standard InChI is InChI=1S/C10H13N5.C5H11O8P/c1-6(2)3-4-7-14-9(11)8-10(15-7)13-5-12-8;6-3-2(1-12-14(9,10)11)13-5(8)4(3)7/h5H,1,3-4H2,2H3,(H3,11,12,13,14,15);2-8H,1H2,(H2,9,10,11)/t;2-,3-,4-,5?/m.1/s1. The molecule has 4 atom stereocenters. The van der Waals surface area contributed by atoms with Gasteiger partial charge in [-0.05, 0) is 13.3 Å². The molecule has 1 fully saturated rings. The zero-order valence-corrected chi connectivity index (χ0v) is 16.4. The smallest absolute Gasteiger partial charge is 0.387 e. The number of nitrogens with one attached hydrogen (secondary N) is 1. The SMILES string of the molecule is C=C(C)CCc1nc(N)c2[nH]cnc2n1.O=P(O)(O)OC[C@H]1OC(O)[C@H](O)[C@@H]1O. The Kier molecular flexibility index (Phi) is 7.80. The van der Waals surface area contributed by atoms with Crippen molar-refractivity contribution in [2.75, 3.05) is 12.3 Å². The van der Waals surface area contributed by atoms with Gasteiger partial charge in [-0.1, -0.05) is 5.57 Å². The van der Waals surface area contributed by atoms with Crippen molar-refractivity contribution >= 4 is 24.8 Å². The molecule has 0 amide bonds. The van der Waals surface area contributed by atoms with Crippen molar-refractivity contribution in [1.82, 2.24) is 19.9 Å². The number of phosphoric acid groups is 1. The van der Waals surface area contributed by atoms with Crippen LogP contribution in [0.1, 0.15) is 19.2 Å². The highest BCUT2D eigenvalue weighted by Crippen LogP contribution is 2.37. The number of H-pyrrole nitrogens is 1. The molecule has 2 aromatic heterocycles. The number of hydrogen-bond donors (Lipinski definition) is 7. The molecular formula is C15H24N5O8P. The number of hydrogen-bond acceptors (Lipinski definition) is 10. The van der Waals surface area contributed by atoms with Gasteiger partial charge in [-0.15, -0.1) is 6.58 Å². The zero-order valence-electron chi connectivity index (χ0n) is 15.5. The Morgan fingerprint density at radius 2 is 2.03 bits per heavy atom. The van der Waals surface area contributed by atoms with Crippen LogP contribution in [0.15, 0.2) is 18.5 Å². The highest BCUT2D eigenvalue weighted by Gasteiger charge is 2.42. The first-order chi connectivity index (χ1) is 13.5. The number of nitrogens with zero attached hydrogens (tertiary/aromatic N) is 3. The topological polar surface area (TPSA) is 217 Å². The van der Waals surface area contributed by atoms with Gasteiger partial charge < -0.3 is 40.6 Å². The Labute approximate surface area is 165 Å². The van der Waals surface area contributed by atoms with E-state index in [0.29, 0.717) is 17.0 Å². The highest BCUT2D eigenvalue weighted by atomic mass is 31.2. The third-order valence-corrected chi connectivity index (χ3v) is 4.36. The van der Waals surface area contributed by atoms with Crippen LogP contribution in [-0.2, 0) is 20.2 Å². The quantitative estimate of drug-likeness (QED) is 0.215. The average Bonchev–Trinajstić information content (AvgIpc) is 3.19. The van der Waals surface area contributed by atoms with Crippen molar-refractivity contribution < 1.29 is 38.9 Å². The fourth-order valence-electron chi connectivity index (χ4n) is 2.38. The van der Waals surface area contributed by atoms with E-state index in [4.69, 9.17) is 30.8 Å². The number of aromatic amines is 1. The second-order valence-electron chi connectivity index (χ2n) is 6.42. The minimum atomic E-state index is -4.64. The van der Waals surface area contributed by atoms with Gasteiger partial charge in [-0.2, -0.15) is 0 Å². The molecular weight excluding hydrogens is 409 g/mol. The lowest BCUT2D eigenvalue weighted by molar-refractivity contribution is -0.132. The Balaban J connectivity index is 0.000000208. The number of nitrogens with two attached hydrogens (primary N) is 1. The molecule has 2 aromatic rings. The number of rotatable bonds is 6. The van der Waals surface area contributed by atoms with E-state index < -0.39 is 39.0 Å². The number of anilines is 1. The third-order valence-electron chi connectivity index (χ3n) is 3.88. The average molecular weight is 433 g/mol. The van der Waals surface area contributed by atoms with Gasteiger partial charge in [-0.3, -0.25) is 4.52 Å². The number of aromatic nitrogens is 4. The molecule has 13 nitrogen and oxygen atoms in total. The van der Waals surface area contributed by atoms with E-state index in [-0.39, 0.29) is 0 Å². The van der Waals surface area contributed by atoms with Crippen LogP contribution in [0.25, 0.3) is 11.2 Å². The van der Waals surface area contributed by atoms with Crippen LogP contribution in [-0.4, -0.2) is 76.3 Å². The molecule has 1 aliphatic rings. The summed E-state index contributed by atoms with van der Waals surface area (Å²) in [6.45, 7) is 5.21. The zero-order chi connectivity index (χ0) is 21.8. The first-order valence-corrected chi connectivity index (χ1v) is 10.0. The molecule has 8 N–H and O–H groups in total. The monoisotopic (exact) mass is 433 g/mol. The van der Waals surface area contributed by atoms with Crippen molar-refractivity contribution in [1.29, 1.82) is 0 Å². The number of phosphoric ester groups is 1. The summed E-state index contributed by atoms with van der Waals surface area (Å²) in [7, 11) is -4.64. The number of aliphatic hydroxyl groups excluding tert-OH is 3. The van der Waals surface area contributed by atoms with Crippen LogP contribution in [0.5, 0.6) is 0 Å². The number of imidazole rings is 1. The van der Waals surface area contributed by atoms with Gasteiger partial charge in [0.15, 0.2) is 17.8 Å². The maximum atomic E-state index is 10.3. The summed E-state index contributed by atoms with van der Waals surface area (Å²) in [5, 5.41) is 27.0. The molecule has 3 rings (SSSR count). The molecule has 0 aliphatic carbocycles. The Morgan fingerprint density at radius 3 is 2.59 bits per heavy atom. The minimum absolute atomic E-state index is 0.453. The lowest BCUT2D eigenvalue weighted by Gasteiger charge is -2.14. The maximum Gasteiger partial charge on any atom is 0.469 e. The summed E-state index contributed by atoms with van der Waals surface area (Å²) in [5.74, 6) is 1.17. The fraction of sp³-hybridized carbons (Fsp3) is 0.533. The number of allylic oxidation sites excluding steroid dienone is 1. The molecule has 0 spiro atoms. The summed E-state index contributed by atoms with van der Waals surface area (Å²) < 4.78 is 18.9. The van der Waals surface area contributed by atoms with Crippen LogP contribution in [0.3, 0.4) is 0 Å². The number of ether oxygens (including phenoxy) is 1. The Bertz CT molecular complexity index is 887. The van der Waals surface area contributed by atoms with Crippen molar-refractivity contribution in [3.63, 3.8) is 0 Å². The Hall–Kier alpha value is -1.96. The van der Waals surface area contributed by atoms with Crippen LogP contribution >= 0.6 is 7.82 Å². The van der Waals surface area contributed by atoms with E-state index in [0.717, 1.165) is 24.2 Å². The Morgan fingerprint density at radius 1 is 1.34 bits per heavy atom. The van der Waals surface area contributed by atoms with Crippen molar-refractivity contribution in [3.05, 3.63) is 24.3 Å². The van der Waals surface area contributed by atoms with Crippen LogP contribution < -0.4 is 5.73 Å². The van der Waals surface area contributed by atoms with E-state index in [1.807, 2.05) is 6.92 Å². The first-order valence-electron chi connectivity index (χ1n) is 8.47. The van der Waals surface area contributed by atoms with E-state index in [2.05, 4.69) is 35.8 Å². The maximum absolute atomic E-state index is 10.3. The van der Waals surface area contributed by atoms with E-state index in [1.54, 1.807) is 6.33 Å². The van der Waals surface area contributed by atoms with Crippen LogP contribution in [0, 0.1) is 0 Å². The minimum Gasteiger partial charge on any atom is -0.387 e. The molecule has 1 unspecified atom stereocenters. The number of aryl methyl sites for hydroxylation is 1. The summed E-state index contributed by atoms with van der Waals surface area (Å²) in [5.41, 5.74) is 8.20.